The number of amides is 1. The molecule has 1 unspecified atom stereocenters. The van der Waals surface area contributed by atoms with Crippen LogP contribution in [-0.2, 0) is 0 Å². The zero-order valence-electron chi connectivity index (χ0n) is 8.87. The van der Waals surface area contributed by atoms with E-state index in [9.17, 15) is 4.79 Å². The fraction of sp³-hybridized carbons (Fsp3) is 0.250. The van der Waals surface area contributed by atoms with E-state index < -0.39 is 0 Å². The Balaban J connectivity index is 2.84. The molecule has 1 aromatic carbocycles. The molecule has 15 heavy (non-hydrogen) atoms. The van der Waals surface area contributed by atoms with Gasteiger partial charge in [0, 0.05) is 11.3 Å². The van der Waals surface area contributed by atoms with E-state index in [4.69, 9.17) is 12.2 Å². The first-order valence-corrected chi connectivity index (χ1v) is 4.67. The molecule has 1 aromatic rings. The van der Waals surface area contributed by atoms with E-state index in [0.717, 1.165) is 5.56 Å². The summed E-state index contributed by atoms with van der Waals surface area (Å²) in [6.07, 6.45) is 5.16. The second-order valence-corrected chi connectivity index (χ2v) is 3.43. The van der Waals surface area contributed by atoms with Crippen LogP contribution in [-0.4, -0.2) is 11.9 Å². The maximum atomic E-state index is 11.6. The molecule has 0 aliphatic rings. The Morgan fingerprint density at radius 2 is 2.27 bits per heavy atom. The number of anilines is 1. The molecule has 3 nitrogen and oxygen atoms in total. The number of hydrogen-bond acceptors (Lipinski definition) is 2. The van der Waals surface area contributed by atoms with Crippen LogP contribution in [0.4, 0.5) is 5.69 Å². The summed E-state index contributed by atoms with van der Waals surface area (Å²) in [7, 11) is 0. The SMILES string of the molecule is C#CC(C)NC(=O)c1ccc(C)c(N)c1. The molecule has 0 spiro atoms. The standard InChI is InChI=1S/C12H14N2O/c1-4-9(3)14-12(15)10-6-5-8(2)11(13)7-10/h1,5-7,9H,13H2,2-3H3,(H,14,15). The lowest BCUT2D eigenvalue weighted by atomic mass is 10.1. The van der Waals surface area contributed by atoms with E-state index in [1.807, 2.05) is 13.0 Å². The van der Waals surface area contributed by atoms with Crippen LogP contribution in [0.5, 0.6) is 0 Å². The first-order valence-electron chi connectivity index (χ1n) is 4.67. The second kappa shape index (κ2) is 4.52. The summed E-state index contributed by atoms with van der Waals surface area (Å²) >= 11 is 0. The number of aryl methyl sites for hydroxylation is 1. The Labute approximate surface area is 89.7 Å². The van der Waals surface area contributed by atoms with Crippen LogP contribution in [0.15, 0.2) is 18.2 Å². The van der Waals surface area contributed by atoms with Crippen molar-refractivity contribution in [2.24, 2.45) is 0 Å². The van der Waals surface area contributed by atoms with Gasteiger partial charge in [-0.3, -0.25) is 4.79 Å². The number of nitrogens with one attached hydrogen (secondary N) is 1. The van der Waals surface area contributed by atoms with Crippen molar-refractivity contribution < 1.29 is 4.79 Å². The average Bonchev–Trinajstić information content (AvgIpc) is 2.21. The molecular formula is C12H14N2O. The molecule has 1 amide bonds. The smallest absolute Gasteiger partial charge is 0.252 e. The van der Waals surface area contributed by atoms with Crippen molar-refractivity contribution in [1.29, 1.82) is 0 Å². The van der Waals surface area contributed by atoms with Gasteiger partial charge in [0.1, 0.15) is 0 Å². The van der Waals surface area contributed by atoms with Crippen molar-refractivity contribution in [2.45, 2.75) is 19.9 Å². The molecule has 0 aliphatic heterocycles. The van der Waals surface area contributed by atoms with Gasteiger partial charge >= 0.3 is 0 Å². The molecule has 0 saturated carbocycles. The van der Waals surface area contributed by atoms with E-state index in [-0.39, 0.29) is 11.9 Å². The first kappa shape index (κ1) is 11.1. The Hall–Kier alpha value is -1.95. The lowest BCUT2D eigenvalue weighted by molar-refractivity contribution is 0.0948. The minimum absolute atomic E-state index is 0.202. The van der Waals surface area contributed by atoms with E-state index in [0.29, 0.717) is 11.3 Å². The van der Waals surface area contributed by atoms with Crippen molar-refractivity contribution in [3.8, 4) is 12.3 Å². The summed E-state index contributed by atoms with van der Waals surface area (Å²) in [5, 5.41) is 2.66. The van der Waals surface area contributed by atoms with E-state index in [1.54, 1.807) is 19.1 Å². The number of carbonyl (C=O) groups is 1. The molecule has 0 saturated heterocycles. The monoisotopic (exact) mass is 202 g/mol. The maximum Gasteiger partial charge on any atom is 0.252 e. The molecule has 0 bridgehead atoms. The molecule has 1 rings (SSSR count). The van der Waals surface area contributed by atoms with Crippen LogP contribution < -0.4 is 11.1 Å². The Bertz CT molecular complexity index is 418. The fourth-order valence-electron chi connectivity index (χ4n) is 1.10. The number of rotatable bonds is 2. The van der Waals surface area contributed by atoms with Gasteiger partial charge in [0.25, 0.3) is 5.91 Å². The van der Waals surface area contributed by atoms with Crippen molar-refractivity contribution in [3.63, 3.8) is 0 Å². The van der Waals surface area contributed by atoms with Gasteiger partial charge in [-0.1, -0.05) is 12.0 Å². The van der Waals surface area contributed by atoms with Gasteiger partial charge in [-0.25, -0.2) is 0 Å². The number of benzene rings is 1. The summed E-state index contributed by atoms with van der Waals surface area (Å²) < 4.78 is 0. The van der Waals surface area contributed by atoms with Crippen LogP contribution in [0.1, 0.15) is 22.8 Å². The molecule has 0 heterocycles. The second-order valence-electron chi connectivity index (χ2n) is 3.43. The Morgan fingerprint density at radius 3 is 2.80 bits per heavy atom. The zero-order chi connectivity index (χ0) is 11.4. The maximum absolute atomic E-state index is 11.6. The third-order valence-electron chi connectivity index (χ3n) is 2.14. The number of carbonyl (C=O) groups excluding carboxylic acids is 1. The van der Waals surface area contributed by atoms with E-state index >= 15 is 0 Å². The van der Waals surface area contributed by atoms with Gasteiger partial charge in [0.15, 0.2) is 0 Å². The van der Waals surface area contributed by atoms with Crippen LogP contribution in [0.3, 0.4) is 0 Å². The highest BCUT2D eigenvalue weighted by Crippen LogP contribution is 2.12. The average molecular weight is 202 g/mol. The van der Waals surface area contributed by atoms with Crippen LogP contribution in [0, 0.1) is 19.3 Å². The lowest BCUT2D eigenvalue weighted by Gasteiger charge is -2.08. The lowest BCUT2D eigenvalue weighted by Crippen LogP contribution is -2.31. The summed E-state index contributed by atoms with van der Waals surface area (Å²) in [6, 6.07) is 4.91. The molecular weight excluding hydrogens is 188 g/mol. The normalized spacial score (nSPS) is 11.5. The molecule has 0 fully saturated rings. The van der Waals surface area contributed by atoms with Gasteiger partial charge in [0.2, 0.25) is 0 Å². The largest absolute Gasteiger partial charge is 0.398 e. The quantitative estimate of drug-likeness (QED) is 0.561. The van der Waals surface area contributed by atoms with E-state index in [2.05, 4.69) is 11.2 Å². The first-order chi connectivity index (χ1) is 7.04. The van der Waals surface area contributed by atoms with Gasteiger partial charge in [-0.2, -0.15) is 0 Å². The Morgan fingerprint density at radius 1 is 1.60 bits per heavy atom. The summed E-state index contributed by atoms with van der Waals surface area (Å²) in [6.45, 7) is 3.64. The van der Waals surface area contributed by atoms with E-state index in [1.165, 1.54) is 0 Å². The van der Waals surface area contributed by atoms with Crippen molar-refractivity contribution >= 4 is 11.6 Å². The summed E-state index contributed by atoms with van der Waals surface area (Å²) in [5.41, 5.74) is 7.79. The van der Waals surface area contributed by atoms with Gasteiger partial charge < -0.3 is 11.1 Å². The highest BCUT2D eigenvalue weighted by molar-refractivity contribution is 5.95. The van der Waals surface area contributed by atoms with Gasteiger partial charge in [-0.05, 0) is 31.5 Å². The number of nitrogen functional groups attached to an aromatic ring is 1. The van der Waals surface area contributed by atoms with Crippen LogP contribution in [0.25, 0.3) is 0 Å². The van der Waals surface area contributed by atoms with Crippen LogP contribution >= 0.6 is 0 Å². The topological polar surface area (TPSA) is 55.1 Å². The van der Waals surface area contributed by atoms with Crippen molar-refractivity contribution in [3.05, 3.63) is 29.3 Å². The van der Waals surface area contributed by atoms with Crippen LogP contribution in [0.2, 0.25) is 0 Å². The molecule has 0 aromatic heterocycles. The highest BCUT2D eigenvalue weighted by atomic mass is 16.1. The summed E-state index contributed by atoms with van der Waals surface area (Å²) in [4.78, 5) is 11.6. The zero-order valence-corrected chi connectivity index (χ0v) is 8.87. The third kappa shape index (κ3) is 2.75. The molecule has 1 atom stereocenters. The highest BCUT2D eigenvalue weighted by Gasteiger charge is 2.08. The van der Waals surface area contributed by atoms with Gasteiger partial charge in [0.05, 0.1) is 6.04 Å². The fourth-order valence-corrected chi connectivity index (χ4v) is 1.10. The molecule has 3 N–H and O–H groups in total. The summed E-state index contributed by atoms with van der Waals surface area (Å²) in [5.74, 6) is 2.23. The predicted octanol–water partition coefficient (Wildman–Crippen LogP) is 1.33. The predicted molar refractivity (Wildman–Crippen MR) is 61.4 cm³/mol. The molecule has 0 radical (unpaired) electrons. The Kier molecular flexibility index (Phi) is 3.35. The number of hydrogen-bond donors (Lipinski definition) is 2. The number of nitrogens with two attached hydrogens (primary N) is 1. The van der Waals surface area contributed by atoms with Gasteiger partial charge in [-0.15, -0.1) is 6.42 Å². The number of terminal acetylenes is 1. The molecule has 78 valence electrons. The minimum Gasteiger partial charge on any atom is -0.398 e. The molecule has 3 heteroatoms. The molecule has 0 aliphatic carbocycles. The minimum atomic E-state index is -0.278. The van der Waals surface area contributed by atoms with Crippen molar-refractivity contribution in [1.82, 2.24) is 5.32 Å². The third-order valence-corrected chi connectivity index (χ3v) is 2.14. The van der Waals surface area contributed by atoms with Crippen molar-refractivity contribution in [2.75, 3.05) is 5.73 Å².